The highest BCUT2D eigenvalue weighted by atomic mass is 79.9. The van der Waals surface area contributed by atoms with Gasteiger partial charge in [-0.15, -0.1) is 0 Å². The summed E-state index contributed by atoms with van der Waals surface area (Å²) in [4.78, 5) is 0. The van der Waals surface area contributed by atoms with Crippen LogP contribution in [0.15, 0.2) is 35.3 Å². The van der Waals surface area contributed by atoms with Gasteiger partial charge in [-0.25, -0.2) is 0 Å². The Bertz CT molecular complexity index is 378. The first-order chi connectivity index (χ1) is 8.08. The molecule has 2 atom stereocenters. The van der Waals surface area contributed by atoms with Gasteiger partial charge in [0.1, 0.15) is 11.9 Å². The SMILES string of the molecule is C=CC(C)Oc1c(Br)cccc1CC(N)CC. The monoisotopic (exact) mass is 297 g/mol. The Morgan fingerprint density at radius 2 is 2.24 bits per heavy atom. The van der Waals surface area contributed by atoms with Gasteiger partial charge in [0.15, 0.2) is 0 Å². The van der Waals surface area contributed by atoms with Gasteiger partial charge >= 0.3 is 0 Å². The van der Waals surface area contributed by atoms with Gasteiger partial charge in [-0.3, -0.25) is 0 Å². The van der Waals surface area contributed by atoms with Crippen molar-refractivity contribution in [3.63, 3.8) is 0 Å². The highest BCUT2D eigenvalue weighted by Crippen LogP contribution is 2.31. The molecule has 0 aliphatic rings. The molecule has 0 heterocycles. The van der Waals surface area contributed by atoms with Crippen LogP contribution in [0.1, 0.15) is 25.8 Å². The molecule has 0 aliphatic heterocycles. The highest BCUT2D eigenvalue weighted by molar-refractivity contribution is 9.10. The normalized spacial score (nSPS) is 14.1. The summed E-state index contributed by atoms with van der Waals surface area (Å²) < 4.78 is 6.82. The average Bonchev–Trinajstić information content (AvgIpc) is 2.33. The fourth-order valence-electron chi connectivity index (χ4n) is 1.51. The first-order valence-electron chi connectivity index (χ1n) is 5.90. The van der Waals surface area contributed by atoms with E-state index in [1.807, 2.05) is 19.1 Å². The minimum absolute atomic E-state index is 0.00898. The predicted octanol–water partition coefficient (Wildman–Crippen LogP) is 3.68. The Kier molecular flexibility index (Phi) is 5.72. The number of ether oxygens (including phenoxy) is 1. The van der Waals surface area contributed by atoms with Crippen LogP contribution in [-0.4, -0.2) is 12.1 Å². The molecule has 2 unspecified atom stereocenters. The summed E-state index contributed by atoms with van der Waals surface area (Å²) in [7, 11) is 0. The summed E-state index contributed by atoms with van der Waals surface area (Å²) >= 11 is 3.52. The number of nitrogens with two attached hydrogens (primary N) is 1. The molecule has 2 nitrogen and oxygen atoms in total. The maximum absolute atomic E-state index is 6.00. The Morgan fingerprint density at radius 3 is 2.82 bits per heavy atom. The Hall–Kier alpha value is -0.800. The lowest BCUT2D eigenvalue weighted by molar-refractivity contribution is 0.265. The maximum atomic E-state index is 6.00. The standard InChI is InChI=1S/C14H20BrNO/c1-4-10(3)17-14-11(9-12(16)5-2)7-6-8-13(14)15/h4,6-8,10,12H,1,5,9,16H2,2-3H3. The molecule has 0 saturated carbocycles. The number of hydrogen-bond acceptors (Lipinski definition) is 2. The van der Waals surface area contributed by atoms with E-state index < -0.39 is 0 Å². The lowest BCUT2D eigenvalue weighted by atomic mass is 10.0. The van der Waals surface area contributed by atoms with Crippen LogP contribution >= 0.6 is 15.9 Å². The first-order valence-corrected chi connectivity index (χ1v) is 6.70. The fraction of sp³-hybridized carbons (Fsp3) is 0.429. The van der Waals surface area contributed by atoms with Gasteiger partial charge < -0.3 is 10.5 Å². The number of halogens is 1. The van der Waals surface area contributed by atoms with E-state index in [4.69, 9.17) is 10.5 Å². The van der Waals surface area contributed by atoms with Crippen molar-refractivity contribution in [2.24, 2.45) is 5.73 Å². The van der Waals surface area contributed by atoms with Crippen molar-refractivity contribution in [3.8, 4) is 5.75 Å². The second kappa shape index (κ2) is 6.82. The quantitative estimate of drug-likeness (QED) is 0.813. The minimum Gasteiger partial charge on any atom is -0.485 e. The molecule has 0 spiro atoms. The second-order valence-electron chi connectivity index (χ2n) is 4.16. The zero-order chi connectivity index (χ0) is 12.8. The average molecular weight is 298 g/mol. The van der Waals surface area contributed by atoms with E-state index in [0.717, 1.165) is 28.6 Å². The molecular weight excluding hydrogens is 278 g/mol. The van der Waals surface area contributed by atoms with E-state index >= 15 is 0 Å². The third kappa shape index (κ3) is 4.17. The van der Waals surface area contributed by atoms with E-state index in [2.05, 4.69) is 35.5 Å². The lowest BCUT2D eigenvalue weighted by Gasteiger charge is -2.18. The van der Waals surface area contributed by atoms with Crippen LogP contribution < -0.4 is 10.5 Å². The molecule has 17 heavy (non-hydrogen) atoms. The van der Waals surface area contributed by atoms with Gasteiger partial charge in [0.25, 0.3) is 0 Å². The Labute approximate surface area is 112 Å². The van der Waals surface area contributed by atoms with Crippen LogP contribution in [0.3, 0.4) is 0 Å². The van der Waals surface area contributed by atoms with Crippen LogP contribution in [0.4, 0.5) is 0 Å². The first kappa shape index (κ1) is 14.3. The van der Waals surface area contributed by atoms with Crippen LogP contribution in [0.25, 0.3) is 0 Å². The number of benzene rings is 1. The molecule has 2 N–H and O–H groups in total. The van der Waals surface area contributed by atoms with Crippen LogP contribution in [0, 0.1) is 0 Å². The van der Waals surface area contributed by atoms with Gasteiger partial charge in [0, 0.05) is 6.04 Å². The third-order valence-electron chi connectivity index (χ3n) is 2.69. The van der Waals surface area contributed by atoms with Crippen molar-refractivity contribution in [2.75, 3.05) is 0 Å². The van der Waals surface area contributed by atoms with Gasteiger partial charge in [-0.2, -0.15) is 0 Å². The summed E-state index contributed by atoms with van der Waals surface area (Å²) in [6, 6.07) is 6.22. The van der Waals surface area contributed by atoms with Crippen LogP contribution in [0.5, 0.6) is 5.75 Å². The molecule has 0 amide bonds. The second-order valence-corrected chi connectivity index (χ2v) is 5.01. The van der Waals surface area contributed by atoms with Crippen molar-refractivity contribution >= 4 is 15.9 Å². The molecule has 0 saturated heterocycles. The van der Waals surface area contributed by atoms with E-state index in [-0.39, 0.29) is 12.1 Å². The van der Waals surface area contributed by atoms with Crippen LogP contribution in [-0.2, 0) is 6.42 Å². The van der Waals surface area contributed by atoms with Crippen molar-refractivity contribution in [1.29, 1.82) is 0 Å². The van der Waals surface area contributed by atoms with Gasteiger partial charge in [0.2, 0.25) is 0 Å². The van der Waals surface area contributed by atoms with Crippen LogP contribution in [0.2, 0.25) is 0 Å². The Balaban J connectivity index is 2.95. The molecule has 0 radical (unpaired) electrons. The zero-order valence-corrected chi connectivity index (χ0v) is 12.0. The summed E-state index contributed by atoms with van der Waals surface area (Å²) in [5, 5.41) is 0. The smallest absolute Gasteiger partial charge is 0.137 e. The van der Waals surface area contributed by atoms with Gasteiger partial charge in [-0.1, -0.05) is 31.7 Å². The molecule has 0 bridgehead atoms. The molecule has 1 rings (SSSR count). The molecule has 3 heteroatoms. The molecule has 1 aromatic carbocycles. The van der Waals surface area contributed by atoms with E-state index in [9.17, 15) is 0 Å². The number of rotatable bonds is 6. The molecule has 0 aromatic heterocycles. The molecule has 1 aromatic rings. The van der Waals surface area contributed by atoms with E-state index in [1.165, 1.54) is 0 Å². The molecule has 0 fully saturated rings. The van der Waals surface area contributed by atoms with Gasteiger partial charge in [-0.05, 0) is 47.3 Å². The number of hydrogen-bond donors (Lipinski definition) is 1. The van der Waals surface area contributed by atoms with Crippen molar-refractivity contribution in [3.05, 3.63) is 40.9 Å². The Morgan fingerprint density at radius 1 is 1.53 bits per heavy atom. The highest BCUT2D eigenvalue weighted by Gasteiger charge is 2.12. The number of para-hydroxylation sites is 1. The zero-order valence-electron chi connectivity index (χ0n) is 10.4. The van der Waals surface area contributed by atoms with Crippen molar-refractivity contribution in [2.45, 2.75) is 38.8 Å². The molecule has 94 valence electrons. The van der Waals surface area contributed by atoms with Crippen molar-refractivity contribution < 1.29 is 4.74 Å². The topological polar surface area (TPSA) is 35.2 Å². The molecular formula is C14H20BrNO. The molecule has 0 aliphatic carbocycles. The largest absolute Gasteiger partial charge is 0.485 e. The maximum Gasteiger partial charge on any atom is 0.137 e. The van der Waals surface area contributed by atoms with Crippen molar-refractivity contribution in [1.82, 2.24) is 0 Å². The predicted molar refractivity (Wildman–Crippen MR) is 76.4 cm³/mol. The lowest BCUT2D eigenvalue weighted by Crippen LogP contribution is -2.22. The summed E-state index contributed by atoms with van der Waals surface area (Å²) in [5.74, 6) is 0.879. The summed E-state index contributed by atoms with van der Waals surface area (Å²) in [5.41, 5.74) is 7.14. The summed E-state index contributed by atoms with van der Waals surface area (Å²) in [6.45, 7) is 7.79. The van der Waals surface area contributed by atoms with Gasteiger partial charge in [0.05, 0.1) is 4.47 Å². The van der Waals surface area contributed by atoms with E-state index in [1.54, 1.807) is 6.08 Å². The third-order valence-corrected chi connectivity index (χ3v) is 3.32. The fourth-order valence-corrected chi connectivity index (χ4v) is 2.01. The summed E-state index contributed by atoms with van der Waals surface area (Å²) in [6.07, 6.45) is 3.56. The minimum atomic E-state index is -0.00898. The van der Waals surface area contributed by atoms with E-state index in [0.29, 0.717) is 0 Å².